The van der Waals surface area contributed by atoms with Crippen LogP contribution in [0.15, 0.2) is 121 Å². The minimum absolute atomic E-state index is 0.687. The van der Waals surface area contributed by atoms with Crippen LogP contribution in [0, 0.1) is 0 Å². The maximum Gasteiger partial charge on any atom is 0.177 e. The van der Waals surface area contributed by atoms with Gasteiger partial charge in [0.1, 0.15) is 11.5 Å². The Morgan fingerprint density at radius 2 is 1.06 bits per heavy atom. The summed E-state index contributed by atoms with van der Waals surface area (Å²) in [4.78, 5) is 0. The molecule has 6 rings (SSSR count). The average Bonchev–Trinajstić information content (AvgIpc) is 2.85. The van der Waals surface area contributed by atoms with Crippen molar-refractivity contribution in [3.05, 3.63) is 121 Å². The van der Waals surface area contributed by atoms with E-state index in [1.54, 1.807) is 0 Å². The fourth-order valence-corrected chi connectivity index (χ4v) is 4.16. The molecule has 0 aliphatic rings. The molecule has 0 amide bonds. The van der Waals surface area contributed by atoms with Crippen LogP contribution >= 0.6 is 0 Å². The summed E-state index contributed by atoms with van der Waals surface area (Å²) < 4.78 is 12.9. The van der Waals surface area contributed by atoms with E-state index in [2.05, 4.69) is 60.7 Å². The zero-order valence-electron chi connectivity index (χ0n) is 17.4. The summed E-state index contributed by atoms with van der Waals surface area (Å²) in [5.41, 5.74) is 0. The second-order valence-corrected chi connectivity index (χ2v) is 7.81. The molecular weight excluding hydrogens is 392 g/mol. The van der Waals surface area contributed by atoms with Crippen molar-refractivity contribution in [2.24, 2.45) is 0 Å². The monoisotopic (exact) mass is 412 g/mol. The molecule has 0 aromatic heterocycles. The van der Waals surface area contributed by atoms with Crippen LogP contribution in [0.1, 0.15) is 0 Å². The van der Waals surface area contributed by atoms with E-state index in [1.807, 2.05) is 60.7 Å². The second kappa shape index (κ2) is 7.75. The molecule has 0 unspecified atom stereocenters. The van der Waals surface area contributed by atoms with Crippen LogP contribution in [0.2, 0.25) is 0 Å². The Balaban J connectivity index is 1.58. The van der Waals surface area contributed by atoms with Gasteiger partial charge < -0.3 is 9.47 Å². The van der Waals surface area contributed by atoms with Crippen molar-refractivity contribution in [3.63, 3.8) is 0 Å². The third-order valence-corrected chi connectivity index (χ3v) is 5.73. The summed E-state index contributed by atoms with van der Waals surface area (Å²) in [5, 5.41) is 6.71. The Labute approximate surface area is 186 Å². The summed E-state index contributed by atoms with van der Waals surface area (Å²) in [6.07, 6.45) is 0. The van der Waals surface area contributed by atoms with Crippen molar-refractivity contribution >= 4 is 32.3 Å². The predicted molar refractivity (Wildman–Crippen MR) is 132 cm³/mol. The van der Waals surface area contributed by atoms with Crippen LogP contribution in [0.3, 0.4) is 0 Å². The third kappa shape index (κ3) is 3.32. The highest BCUT2D eigenvalue weighted by Crippen LogP contribution is 2.43. The summed E-state index contributed by atoms with van der Waals surface area (Å²) >= 11 is 0. The van der Waals surface area contributed by atoms with Gasteiger partial charge in [0.15, 0.2) is 11.5 Å². The largest absolute Gasteiger partial charge is 0.453 e. The fourth-order valence-electron chi connectivity index (χ4n) is 4.16. The van der Waals surface area contributed by atoms with Gasteiger partial charge in [-0.25, -0.2) is 0 Å². The molecule has 152 valence electrons. The van der Waals surface area contributed by atoms with Gasteiger partial charge in [-0.05, 0) is 57.9 Å². The average molecular weight is 412 g/mol. The van der Waals surface area contributed by atoms with Crippen LogP contribution < -0.4 is 9.47 Å². The zero-order valence-corrected chi connectivity index (χ0v) is 17.4. The molecular formula is C30H20O2. The Hall–Kier alpha value is -4.30. The third-order valence-electron chi connectivity index (χ3n) is 5.73. The van der Waals surface area contributed by atoms with Crippen molar-refractivity contribution in [2.45, 2.75) is 0 Å². The first-order valence-electron chi connectivity index (χ1n) is 10.7. The molecule has 0 aliphatic heterocycles. The Kier molecular flexibility index (Phi) is 4.47. The van der Waals surface area contributed by atoms with Crippen molar-refractivity contribution in [1.29, 1.82) is 0 Å². The molecule has 2 nitrogen and oxygen atoms in total. The Morgan fingerprint density at radius 3 is 1.91 bits per heavy atom. The quantitative estimate of drug-likeness (QED) is 0.270. The van der Waals surface area contributed by atoms with E-state index in [1.165, 1.54) is 10.8 Å². The van der Waals surface area contributed by atoms with E-state index in [9.17, 15) is 0 Å². The molecule has 32 heavy (non-hydrogen) atoms. The topological polar surface area (TPSA) is 18.5 Å². The van der Waals surface area contributed by atoms with E-state index in [4.69, 9.17) is 9.47 Å². The molecule has 0 radical (unpaired) electrons. The van der Waals surface area contributed by atoms with Crippen molar-refractivity contribution in [3.8, 4) is 23.0 Å². The Morgan fingerprint density at radius 1 is 0.375 bits per heavy atom. The van der Waals surface area contributed by atoms with E-state index in [0.29, 0.717) is 11.5 Å². The second-order valence-electron chi connectivity index (χ2n) is 7.81. The van der Waals surface area contributed by atoms with Gasteiger partial charge in [0.2, 0.25) is 0 Å². The number of benzene rings is 6. The summed E-state index contributed by atoms with van der Waals surface area (Å²) in [5.74, 6) is 2.98. The lowest BCUT2D eigenvalue weighted by molar-refractivity contribution is 0.425. The number of para-hydroxylation sites is 1. The number of fused-ring (bicyclic) bond motifs is 3. The molecule has 0 spiro atoms. The van der Waals surface area contributed by atoms with Gasteiger partial charge in [-0.15, -0.1) is 0 Å². The molecule has 0 bridgehead atoms. The van der Waals surface area contributed by atoms with Crippen LogP contribution in [-0.2, 0) is 0 Å². The van der Waals surface area contributed by atoms with Gasteiger partial charge in [-0.1, -0.05) is 84.9 Å². The lowest BCUT2D eigenvalue weighted by atomic mass is 10.0. The lowest BCUT2D eigenvalue weighted by Gasteiger charge is -2.17. The molecule has 0 saturated carbocycles. The molecule has 0 aliphatic carbocycles. The van der Waals surface area contributed by atoms with Crippen molar-refractivity contribution < 1.29 is 9.47 Å². The van der Waals surface area contributed by atoms with Gasteiger partial charge >= 0.3 is 0 Å². The maximum atomic E-state index is 6.63. The molecule has 0 saturated heterocycles. The van der Waals surface area contributed by atoms with Gasteiger partial charge in [-0.2, -0.15) is 0 Å². The first-order chi connectivity index (χ1) is 15.8. The molecule has 6 aromatic carbocycles. The predicted octanol–water partition coefficient (Wildman–Crippen LogP) is 8.73. The van der Waals surface area contributed by atoms with Gasteiger partial charge in [0.05, 0.1) is 0 Å². The summed E-state index contributed by atoms with van der Waals surface area (Å²) in [6, 6.07) is 41.1. The number of rotatable bonds is 4. The minimum Gasteiger partial charge on any atom is -0.453 e. The van der Waals surface area contributed by atoms with E-state index in [-0.39, 0.29) is 0 Å². The zero-order chi connectivity index (χ0) is 21.3. The molecule has 0 atom stereocenters. The van der Waals surface area contributed by atoms with Crippen LogP contribution in [0.5, 0.6) is 23.0 Å². The van der Waals surface area contributed by atoms with Crippen LogP contribution in [-0.4, -0.2) is 0 Å². The Bertz CT molecular complexity index is 1560. The fraction of sp³-hybridized carbons (Fsp3) is 0. The first kappa shape index (κ1) is 18.5. The van der Waals surface area contributed by atoms with Crippen LogP contribution in [0.4, 0.5) is 0 Å². The van der Waals surface area contributed by atoms with Gasteiger partial charge in [0.25, 0.3) is 0 Å². The van der Waals surface area contributed by atoms with Gasteiger partial charge in [0, 0.05) is 10.8 Å². The molecule has 0 N–H and O–H groups in total. The van der Waals surface area contributed by atoms with E-state index in [0.717, 1.165) is 33.0 Å². The van der Waals surface area contributed by atoms with Gasteiger partial charge in [-0.3, -0.25) is 0 Å². The lowest BCUT2D eigenvalue weighted by Crippen LogP contribution is -1.93. The van der Waals surface area contributed by atoms with Crippen molar-refractivity contribution in [2.75, 3.05) is 0 Å². The minimum atomic E-state index is 0.687. The SMILES string of the molecule is c1ccc(Oc2ccc3cc4ccccc4cc3c2Oc2cccc3ccccc23)cc1. The van der Waals surface area contributed by atoms with E-state index < -0.39 is 0 Å². The standard InChI is InChI=1S/C30H20O2/c1-2-13-25(14-3-1)31-29-18-17-24-19-22-10-4-5-11-23(22)20-27(24)30(29)32-28-16-8-12-21-9-6-7-15-26(21)28/h1-20H. The molecule has 6 aromatic rings. The maximum absolute atomic E-state index is 6.63. The highest BCUT2D eigenvalue weighted by atomic mass is 16.5. The summed E-state index contributed by atoms with van der Waals surface area (Å²) in [6.45, 7) is 0. The number of hydrogen-bond donors (Lipinski definition) is 0. The molecule has 0 heterocycles. The highest BCUT2D eigenvalue weighted by molar-refractivity contribution is 6.02. The van der Waals surface area contributed by atoms with Crippen LogP contribution in [0.25, 0.3) is 32.3 Å². The van der Waals surface area contributed by atoms with E-state index >= 15 is 0 Å². The highest BCUT2D eigenvalue weighted by Gasteiger charge is 2.15. The van der Waals surface area contributed by atoms with Crippen molar-refractivity contribution in [1.82, 2.24) is 0 Å². The number of hydrogen-bond acceptors (Lipinski definition) is 2. The molecule has 2 heteroatoms. The normalized spacial score (nSPS) is 11.1. The first-order valence-corrected chi connectivity index (χ1v) is 10.7. The molecule has 0 fully saturated rings. The summed E-state index contributed by atoms with van der Waals surface area (Å²) in [7, 11) is 0. The number of ether oxygens (including phenoxy) is 2. The smallest absolute Gasteiger partial charge is 0.177 e.